The lowest BCUT2D eigenvalue weighted by Crippen LogP contribution is -2.15. The standard InChI is InChI=1S/C16H13ClF3NO2/c1-23-14-6-5-12(9-13(14)17)21-15(22)8-10-3-2-4-11(7-10)16(18,19)20/h2-7,9H,8H2,1H3,(H,21,22). The van der Waals surface area contributed by atoms with Crippen LogP contribution in [0.2, 0.25) is 5.02 Å². The summed E-state index contributed by atoms with van der Waals surface area (Å²) in [5.74, 6) is 0.0214. The molecule has 23 heavy (non-hydrogen) atoms. The predicted octanol–water partition coefficient (Wildman–Crippen LogP) is 4.55. The van der Waals surface area contributed by atoms with Crippen molar-refractivity contribution in [3.05, 3.63) is 58.6 Å². The van der Waals surface area contributed by atoms with Crippen molar-refractivity contribution in [1.82, 2.24) is 0 Å². The minimum absolute atomic E-state index is 0.173. The molecule has 0 fully saturated rings. The van der Waals surface area contributed by atoms with Gasteiger partial charge in [0.05, 0.1) is 24.1 Å². The van der Waals surface area contributed by atoms with Crippen LogP contribution >= 0.6 is 11.6 Å². The molecule has 0 radical (unpaired) electrons. The second-order valence-electron chi connectivity index (χ2n) is 4.77. The highest BCUT2D eigenvalue weighted by Gasteiger charge is 2.30. The molecule has 0 bridgehead atoms. The van der Waals surface area contributed by atoms with Crippen LogP contribution in [0.5, 0.6) is 5.75 Å². The third-order valence-electron chi connectivity index (χ3n) is 3.05. The van der Waals surface area contributed by atoms with Crippen molar-refractivity contribution in [2.24, 2.45) is 0 Å². The molecular formula is C16H13ClF3NO2. The van der Waals surface area contributed by atoms with Crippen LogP contribution in [0.3, 0.4) is 0 Å². The van der Waals surface area contributed by atoms with Crippen molar-refractivity contribution in [3.8, 4) is 5.75 Å². The Kier molecular flexibility index (Phi) is 5.15. The molecule has 0 saturated carbocycles. The Balaban J connectivity index is 2.07. The molecule has 2 aromatic rings. The maximum atomic E-state index is 12.6. The van der Waals surface area contributed by atoms with Gasteiger partial charge in [0.1, 0.15) is 5.75 Å². The van der Waals surface area contributed by atoms with E-state index in [0.717, 1.165) is 12.1 Å². The number of hydrogen-bond acceptors (Lipinski definition) is 2. The lowest BCUT2D eigenvalue weighted by molar-refractivity contribution is -0.137. The van der Waals surface area contributed by atoms with Gasteiger partial charge in [-0.05, 0) is 29.8 Å². The molecule has 122 valence electrons. The number of hydrogen-bond donors (Lipinski definition) is 1. The van der Waals surface area contributed by atoms with Crippen LogP contribution in [0.1, 0.15) is 11.1 Å². The molecular weight excluding hydrogens is 331 g/mol. The molecule has 1 N–H and O–H groups in total. The number of halogens is 4. The first-order chi connectivity index (χ1) is 10.8. The Morgan fingerprint density at radius 3 is 2.57 bits per heavy atom. The van der Waals surface area contributed by atoms with Crippen LogP contribution in [0, 0.1) is 0 Å². The molecule has 2 rings (SSSR count). The number of carbonyl (C=O) groups excluding carboxylic acids is 1. The summed E-state index contributed by atoms with van der Waals surface area (Å²) in [6.45, 7) is 0. The zero-order valence-electron chi connectivity index (χ0n) is 12.1. The van der Waals surface area contributed by atoms with Crippen molar-refractivity contribution >= 4 is 23.2 Å². The first-order valence-electron chi connectivity index (χ1n) is 6.59. The zero-order valence-corrected chi connectivity index (χ0v) is 12.8. The summed E-state index contributed by atoms with van der Waals surface area (Å²) in [6.07, 6.45) is -4.61. The minimum atomic E-state index is -4.43. The Morgan fingerprint density at radius 1 is 1.22 bits per heavy atom. The molecule has 0 unspecified atom stereocenters. The van der Waals surface area contributed by atoms with Crippen LogP contribution < -0.4 is 10.1 Å². The Morgan fingerprint density at radius 2 is 1.96 bits per heavy atom. The number of rotatable bonds is 4. The predicted molar refractivity (Wildman–Crippen MR) is 81.8 cm³/mol. The number of methoxy groups -OCH3 is 1. The molecule has 0 aliphatic rings. The van der Waals surface area contributed by atoms with E-state index in [-0.39, 0.29) is 12.0 Å². The number of amides is 1. The average molecular weight is 344 g/mol. The summed E-state index contributed by atoms with van der Waals surface area (Å²) >= 11 is 5.94. The van der Waals surface area contributed by atoms with Crippen molar-refractivity contribution in [2.75, 3.05) is 12.4 Å². The molecule has 2 aromatic carbocycles. The van der Waals surface area contributed by atoms with E-state index in [1.807, 2.05) is 0 Å². The van der Waals surface area contributed by atoms with Gasteiger partial charge in [0, 0.05) is 5.69 Å². The van der Waals surface area contributed by atoms with E-state index in [1.54, 1.807) is 12.1 Å². The van der Waals surface area contributed by atoms with Gasteiger partial charge in [-0.25, -0.2) is 0 Å². The van der Waals surface area contributed by atoms with Gasteiger partial charge in [0.2, 0.25) is 5.91 Å². The number of benzene rings is 2. The molecule has 0 spiro atoms. The molecule has 0 aliphatic heterocycles. The Hall–Kier alpha value is -2.21. The van der Waals surface area contributed by atoms with E-state index < -0.39 is 17.6 Å². The second kappa shape index (κ2) is 6.91. The molecule has 0 aliphatic carbocycles. The van der Waals surface area contributed by atoms with Gasteiger partial charge in [-0.1, -0.05) is 29.8 Å². The molecule has 0 heterocycles. The van der Waals surface area contributed by atoms with Crippen molar-refractivity contribution in [1.29, 1.82) is 0 Å². The van der Waals surface area contributed by atoms with Gasteiger partial charge in [-0.15, -0.1) is 0 Å². The van der Waals surface area contributed by atoms with Gasteiger partial charge in [0.15, 0.2) is 0 Å². The molecule has 0 aromatic heterocycles. The molecule has 3 nitrogen and oxygen atoms in total. The zero-order chi connectivity index (χ0) is 17.0. The third-order valence-corrected chi connectivity index (χ3v) is 3.35. The summed E-state index contributed by atoms with van der Waals surface area (Å²) < 4.78 is 42.9. The van der Waals surface area contributed by atoms with Crippen LogP contribution in [0.4, 0.5) is 18.9 Å². The van der Waals surface area contributed by atoms with E-state index in [1.165, 1.54) is 25.3 Å². The second-order valence-corrected chi connectivity index (χ2v) is 5.18. The van der Waals surface area contributed by atoms with E-state index in [4.69, 9.17) is 16.3 Å². The lowest BCUT2D eigenvalue weighted by atomic mass is 10.1. The van der Waals surface area contributed by atoms with Crippen molar-refractivity contribution < 1.29 is 22.7 Å². The maximum Gasteiger partial charge on any atom is 0.416 e. The number of nitrogens with one attached hydrogen (secondary N) is 1. The summed E-state index contributed by atoms with van der Waals surface area (Å²) in [4.78, 5) is 11.9. The van der Waals surface area contributed by atoms with Crippen LogP contribution in [-0.4, -0.2) is 13.0 Å². The fourth-order valence-electron chi connectivity index (χ4n) is 1.99. The topological polar surface area (TPSA) is 38.3 Å². The van der Waals surface area contributed by atoms with Crippen LogP contribution in [-0.2, 0) is 17.4 Å². The summed E-state index contributed by atoms with van der Waals surface area (Å²) in [6, 6.07) is 9.35. The normalized spacial score (nSPS) is 11.2. The van der Waals surface area contributed by atoms with Gasteiger partial charge >= 0.3 is 6.18 Å². The van der Waals surface area contributed by atoms with Gasteiger partial charge in [-0.2, -0.15) is 13.2 Å². The summed E-state index contributed by atoms with van der Waals surface area (Å²) in [5.41, 5.74) is -0.0694. The van der Waals surface area contributed by atoms with Gasteiger partial charge < -0.3 is 10.1 Å². The van der Waals surface area contributed by atoms with E-state index >= 15 is 0 Å². The third kappa shape index (κ3) is 4.63. The molecule has 0 atom stereocenters. The van der Waals surface area contributed by atoms with E-state index in [9.17, 15) is 18.0 Å². The highest BCUT2D eigenvalue weighted by atomic mass is 35.5. The highest BCUT2D eigenvalue weighted by molar-refractivity contribution is 6.32. The molecule has 0 saturated heterocycles. The monoisotopic (exact) mass is 343 g/mol. The van der Waals surface area contributed by atoms with Crippen molar-refractivity contribution in [3.63, 3.8) is 0 Å². The number of alkyl halides is 3. The SMILES string of the molecule is COc1ccc(NC(=O)Cc2cccc(C(F)(F)F)c2)cc1Cl. The molecule has 1 amide bonds. The number of carbonyl (C=O) groups is 1. The Bertz CT molecular complexity index is 717. The average Bonchev–Trinajstić information content (AvgIpc) is 2.46. The largest absolute Gasteiger partial charge is 0.495 e. The quantitative estimate of drug-likeness (QED) is 0.884. The minimum Gasteiger partial charge on any atom is -0.495 e. The maximum absolute atomic E-state index is 12.6. The Labute approximate surface area is 136 Å². The van der Waals surface area contributed by atoms with E-state index in [0.29, 0.717) is 16.5 Å². The fraction of sp³-hybridized carbons (Fsp3) is 0.188. The first kappa shape index (κ1) is 17.1. The van der Waals surface area contributed by atoms with Gasteiger partial charge in [-0.3, -0.25) is 4.79 Å². The summed E-state index contributed by atoms with van der Waals surface area (Å²) in [7, 11) is 1.47. The van der Waals surface area contributed by atoms with Crippen LogP contribution in [0.25, 0.3) is 0 Å². The van der Waals surface area contributed by atoms with E-state index in [2.05, 4.69) is 5.32 Å². The smallest absolute Gasteiger partial charge is 0.416 e. The fourth-order valence-corrected chi connectivity index (χ4v) is 2.25. The lowest BCUT2D eigenvalue weighted by Gasteiger charge is -2.10. The highest BCUT2D eigenvalue weighted by Crippen LogP contribution is 2.30. The van der Waals surface area contributed by atoms with Gasteiger partial charge in [0.25, 0.3) is 0 Å². The number of ether oxygens (including phenoxy) is 1. The van der Waals surface area contributed by atoms with Crippen LogP contribution in [0.15, 0.2) is 42.5 Å². The van der Waals surface area contributed by atoms with Crippen molar-refractivity contribution in [2.45, 2.75) is 12.6 Å². The summed E-state index contributed by atoms with van der Waals surface area (Å²) in [5, 5.41) is 2.90. The first-order valence-corrected chi connectivity index (χ1v) is 6.97. The number of anilines is 1. The molecule has 7 heteroatoms.